The normalized spacial score (nSPS) is 20.3. The van der Waals surface area contributed by atoms with Gasteiger partial charge in [0.1, 0.15) is 6.04 Å². The van der Waals surface area contributed by atoms with Crippen molar-refractivity contribution in [2.24, 2.45) is 0 Å². The Bertz CT molecular complexity index is 467. The molecule has 18 heavy (non-hydrogen) atoms. The highest BCUT2D eigenvalue weighted by Crippen LogP contribution is 2.33. The number of nitrogens with zero attached hydrogens (tertiary/aromatic N) is 1. The first-order chi connectivity index (χ1) is 8.52. The lowest BCUT2D eigenvalue weighted by molar-refractivity contribution is -0.119. The molecule has 0 saturated carbocycles. The SMILES string of the molecule is CC1Nc2cc(Br)ccc2N(CC(O)CO)C1=O. The van der Waals surface area contributed by atoms with Crippen LogP contribution in [0.4, 0.5) is 11.4 Å². The number of amides is 1. The van der Waals surface area contributed by atoms with E-state index >= 15 is 0 Å². The van der Waals surface area contributed by atoms with Gasteiger partial charge >= 0.3 is 0 Å². The van der Waals surface area contributed by atoms with E-state index in [1.165, 1.54) is 4.90 Å². The molecule has 1 heterocycles. The van der Waals surface area contributed by atoms with E-state index in [1.807, 2.05) is 12.1 Å². The number of rotatable bonds is 3. The Morgan fingerprint density at radius 2 is 2.28 bits per heavy atom. The van der Waals surface area contributed by atoms with E-state index in [9.17, 15) is 9.90 Å². The van der Waals surface area contributed by atoms with Crippen molar-refractivity contribution < 1.29 is 15.0 Å². The number of carbonyl (C=O) groups excluding carboxylic acids is 1. The van der Waals surface area contributed by atoms with Crippen LogP contribution in [-0.2, 0) is 4.79 Å². The number of benzene rings is 1. The van der Waals surface area contributed by atoms with Crippen LogP contribution in [0.5, 0.6) is 0 Å². The molecule has 1 amide bonds. The lowest BCUT2D eigenvalue weighted by Gasteiger charge is -2.35. The van der Waals surface area contributed by atoms with E-state index in [-0.39, 0.29) is 25.1 Å². The lowest BCUT2D eigenvalue weighted by Crippen LogP contribution is -2.49. The molecule has 0 aromatic heterocycles. The number of aliphatic hydroxyl groups is 2. The highest BCUT2D eigenvalue weighted by Gasteiger charge is 2.30. The molecule has 0 saturated heterocycles. The zero-order valence-electron chi connectivity index (χ0n) is 9.93. The maximum atomic E-state index is 12.1. The summed E-state index contributed by atoms with van der Waals surface area (Å²) in [6.07, 6.45) is -0.934. The Labute approximate surface area is 114 Å². The van der Waals surface area contributed by atoms with E-state index in [0.717, 1.165) is 10.2 Å². The van der Waals surface area contributed by atoms with Crippen LogP contribution in [0, 0.1) is 0 Å². The summed E-state index contributed by atoms with van der Waals surface area (Å²) >= 11 is 3.38. The fourth-order valence-electron chi connectivity index (χ4n) is 1.96. The van der Waals surface area contributed by atoms with E-state index in [1.54, 1.807) is 13.0 Å². The molecular weight excluding hydrogens is 300 g/mol. The molecule has 5 nitrogen and oxygen atoms in total. The summed E-state index contributed by atoms with van der Waals surface area (Å²) in [6.45, 7) is 1.50. The van der Waals surface area contributed by atoms with Gasteiger partial charge in [0.05, 0.1) is 30.6 Å². The van der Waals surface area contributed by atoms with Gasteiger partial charge in [0, 0.05) is 4.47 Å². The first kappa shape index (κ1) is 13.3. The number of anilines is 2. The molecule has 2 unspecified atom stereocenters. The zero-order valence-corrected chi connectivity index (χ0v) is 11.5. The third-order valence-electron chi connectivity index (χ3n) is 2.86. The quantitative estimate of drug-likeness (QED) is 0.776. The van der Waals surface area contributed by atoms with Crippen LogP contribution in [0.25, 0.3) is 0 Å². The predicted octanol–water partition coefficient (Wildman–Crippen LogP) is 0.949. The molecule has 2 rings (SSSR count). The fraction of sp³-hybridized carbons (Fsp3) is 0.417. The number of hydrogen-bond acceptors (Lipinski definition) is 4. The standard InChI is InChI=1S/C12H15BrN2O3/c1-7-12(18)15(5-9(17)6-16)11-3-2-8(13)4-10(11)14-7/h2-4,7,9,14,16-17H,5-6H2,1H3. The number of fused-ring (bicyclic) bond motifs is 1. The fourth-order valence-corrected chi connectivity index (χ4v) is 2.32. The third-order valence-corrected chi connectivity index (χ3v) is 3.36. The highest BCUT2D eigenvalue weighted by atomic mass is 79.9. The Kier molecular flexibility index (Phi) is 3.89. The monoisotopic (exact) mass is 314 g/mol. The van der Waals surface area contributed by atoms with Gasteiger partial charge in [-0.1, -0.05) is 15.9 Å². The molecule has 0 radical (unpaired) electrons. The minimum Gasteiger partial charge on any atom is -0.394 e. The third kappa shape index (κ3) is 2.50. The average molecular weight is 315 g/mol. The first-order valence-corrected chi connectivity index (χ1v) is 6.48. The van der Waals surface area contributed by atoms with Crippen molar-refractivity contribution in [1.82, 2.24) is 0 Å². The van der Waals surface area contributed by atoms with Gasteiger partial charge in [-0.15, -0.1) is 0 Å². The molecule has 3 N–H and O–H groups in total. The van der Waals surface area contributed by atoms with Crippen LogP contribution in [0.1, 0.15) is 6.92 Å². The van der Waals surface area contributed by atoms with E-state index in [0.29, 0.717) is 5.69 Å². The molecule has 0 aliphatic carbocycles. The second-order valence-electron chi connectivity index (χ2n) is 4.31. The summed E-state index contributed by atoms with van der Waals surface area (Å²) in [5.74, 6) is -0.114. The van der Waals surface area contributed by atoms with Gasteiger partial charge in [-0.25, -0.2) is 0 Å². The Morgan fingerprint density at radius 1 is 1.56 bits per heavy atom. The molecular formula is C12H15BrN2O3. The van der Waals surface area contributed by atoms with Gasteiger partial charge < -0.3 is 20.4 Å². The number of nitrogens with one attached hydrogen (secondary N) is 1. The summed E-state index contributed by atoms with van der Waals surface area (Å²) in [6, 6.07) is 5.18. The van der Waals surface area contributed by atoms with Crippen molar-refractivity contribution in [2.75, 3.05) is 23.4 Å². The topological polar surface area (TPSA) is 72.8 Å². The van der Waals surface area contributed by atoms with Crippen LogP contribution in [-0.4, -0.2) is 41.4 Å². The molecule has 1 aliphatic heterocycles. The van der Waals surface area contributed by atoms with E-state index < -0.39 is 6.10 Å². The molecule has 98 valence electrons. The van der Waals surface area contributed by atoms with Gasteiger partial charge in [-0.3, -0.25) is 4.79 Å². The maximum absolute atomic E-state index is 12.1. The summed E-state index contributed by atoms with van der Waals surface area (Å²) in [4.78, 5) is 13.6. The van der Waals surface area contributed by atoms with Gasteiger partial charge in [-0.2, -0.15) is 0 Å². The average Bonchev–Trinajstić information content (AvgIpc) is 2.34. The number of β-amino-alcohol motifs (C(OH)–C–C–N with tert-alkyl or cyclic N) is 1. The first-order valence-electron chi connectivity index (χ1n) is 5.69. The van der Waals surface area contributed by atoms with E-state index in [2.05, 4.69) is 21.2 Å². The molecule has 1 aromatic rings. The minimum absolute atomic E-state index is 0.0932. The van der Waals surface area contributed by atoms with Gasteiger partial charge in [0.15, 0.2) is 0 Å². The smallest absolute Gasteiger partial charge is 0.249 e. The second kappa shape index (κ2) is 5.26. The van der Waals surface area contributed by atoms with Gasteiger partial charge in [-0.05, 0) is 25.1 Å². The van der Waals surface area contributed by atoms with Gasteiger partial charge in [0.25, 0.3) is 0 Å². The van der Waals surface area contributed by atoms with Gasteiger partial charge in [0.2, 0.25) is 5.91 Å². The van der Waals surface area contributed by atoms with E-state index in [4.69, 9.17) is 5.11 Å². The van der Waals surface area contributed by atoms with Crippen molar-refractivity contribution in [3.05, 3.63) is 22.7 Å². The summed E-state index contributed by atoms with van der Waals surface area (Å²) in [7, 11) is 0. The maximum Gasteiger partial charge on any atom is 0.249 e. The van der Waals surface area contributed by atoms with Crippen LogP contribution in [0.15, 0.2) is 22.7 Å². The number of carbonyl (C=O) groups is 1. The Balaban J connectivity index is 2.36. The summed E-state index contributed by atoms with van der Waals surface area (Å²) < 4.78 is 0.915. The molecule has 0 bridgehead atoms. The van der Waals surface area contributed by atoms with Crippen molar-refractivity contribution in [1.29, 1.82) is 0 Å². The Morgan fingerprint density at radius 3 is 2.94 bits per heavy atom. The minimum atomic E-state index is -0.934. The van der Waals surface area contributed by atoms with Crippen LogP contribution >= 0.6 is 15.9 Å². The lowest BCUT2D eigenvalue weighted by atomic mass is 10.1. The van der Waals surface area contributed by atoms with Crippen LogP contribution in [0.3, 0.4) is 0 Å². The van der Waals surface area contributed by atoms with Crippen molar-refractivity contribution >= 4 is 33.2 Å². The summed E-state index contributed by atoms with van der Waals surface area (Å²) in [5.41, 5.74) is 1.55. The van der Waals surface area contributed by atoms with Crippen molar-refractivity contribution in [2.45, 2.75) is 19.1 Å². The number of halogens is 1. The van der Waals surface area contributed by atoms with Crippen LogP contribution < -0.4 is 10.2 Å². The zero-order chi connectivity index (χ0) is 13.3. The molecule has 2 atom stereocenters. The Hall–Kier alpha value is -1.11. The van der Waals surface area contributed by atoms with Crippen molar-refractivity contribution in [3.63, 3.8) is 0 Å². The number of aliphatic hydroxyl groups excluding tert-OH is 2. The molecule has 0 fully saturated rings. The molecule has 0 spiro atoms. The predicted molar refractivity (Wildman–Crippen MR) is 72.7 cm³/mol. The van der Waals surface area contributed by atoms with Crippen LogP contribution in [0.2, 0.25) is 0 Å². The molecule has 1 aliphatic rings. The largest absolute Gasteiger partial charge is 0.394 e. The van der Waals surface area contributed by atoms with Crippen molar-refractivity contribution in [3.8, 4) is 0 Å². The second-order valence-corrected chi connectivity index (χ2v) is 5.23. The molecule has 1 aromatic carbocycles. The molecule has 6 heteroatoms. The highest BCUT2D eigenvalue weighted by molar-refractivity contribution is 9.10. The number of hydrogen-bond donors (Lipinski definition) is 3. The summed E-state index contributed by atoms with van der Waals surface area (Å²) in [5, 5.41) is 21.5.